The number of aliphatic carboxylic acids is 1. The van der Waals surface area contributed by atoms with Crippen molar-refractivity contribution in [3.8, 4) is 5.75 Å². The van der Waals surface area contributed by atoms with Crippen molar-refractivity contribution in [1.82, 2.24) is 0 Å². The normalized spacial score (nSPS) is 12.4. The standard InChI is InChI=1S/C11H12F2O3/c1-2-6(3-10(15)16)8-4-7(12)5-9(14)11(8)13/h4-6,14H,2-3H2,1H3,(H,15,16). The van der Waals surface area contributed by atoms with Crippen LogP contribution in [0.5, 0.6) is 5.75 Å². The molecule has 1 aromatic rings. The summed E-state index contributed by atoms with van der Waals surface area (Å²) in [6.45, 7) is 1.68. The molecule has 16 heavy (non-hydrogen) atoms. The first kappa shape index (κ1) is 12.4. The van der Waals surface area contributed by atoms with E-state index in [0.29, 0.717) is 12.5 Å². The van der Waals surface area contributed by atoms with Crippen LogP contribution in [-0.2, 0) is 4.79 Å². The zero-order chi connectivity index (χ0) is 12.3. The molecule has 0 aromatic heterocycles. The van der Waals surface area contributed by atoms with E-state index in [1.807, 2.05) is 0 Å². The van der Waals surface area contributed by atoms with Gasteiger partial charge in [0.25, 0.3) is 0 Å². The quantitative estimate of drug-likeness (QED) is 0.835. The molecule has 0 aliphatic rings. The molecule has 0 bridgehead atoms. The summed E-state index contributed by atoms with van der Waals surface area (Å²) >= 11 is 0. The number of phenolic OH excluding ortho intramolecular Hbond substituents is 1. The van der Waals surface area contributed by atoms with E-state index < -0.39 is 29.3 Å². The van der Waals surface area contributed by atoms with Crippen LogP contribution in [0.15, 0.2) is 12.1 Å². The summed E-state index contributed by atoms with van der Waals surface area (Å²) < 4.78 is 26.4. The highest BCUT2D eigenvalue weighted by atomic mass is 19.1. The Morgan fingerprint density at radius 1 is 1.44 bits per heavy atom. The van der Waals surface area contributed by atoms with Gasteiger partial charge in [0.15, 0.2) is 11.6 Å². The first-order chi connectivity index (χ1) is 7.45. The lowest BCUT2D eigenvalue weighted by molar-refractivity contribution is -0.137. The van der Waals surface area contributed by atoms with Crippen molar-refractivity contribution in [1.29, 1.82) is 0 Å². The number of carboxylic acids is 1. The molecule has 3 nitrogen and oxygen atoms in total. The van der Waals surface area contributed by atoms with Gasteiger partial charge in [-0.05, 0) is 24.0 Å². The molecule has 88 valence electrons. The SMILES string of the molecule is CCC(CC(=O)O)c1cc(F)cc(O)c1F. The van der Waals surface area contributed by atoms with Crippen molar-refractivity contribution < 1.29 is 23.8 Å². The monoisotopic (exact) mass is 230 g/mol. The lowest BCUT2D eigenvalue weighted by Gasteiger charge is -2.14. The van der Waals surface area contributed by atoms with Crippen LogP contribution in [0.4, 0.5) is 8.78 Å². The van der Waals surface area contributed by atoms with E-state index in [-0.39, 0.29) is 12.0 Å². The van der Waals surface area contributed by atoms with E-state index >= 15 is 0 Å². The van der Waals surface area contributed by atoms with Crippen LogP contribution in [0.25, 0.3) is 0 Å². The number of aromatic hydroxyl groups is 1. The second-order valence-electron chi connectivity index (χ2n) is 3.53. The third-order valence-electron chi connectivity index (χ3n) is 2.40. The predicted octanol–water partition coefficient (Wildman–Crippen LogP) is 2.64. The summed E-state index contributed by atoms with van der Waals surface area (Å²) in [4.78, 5) is 10.5. The third kappa shape index (κ3) is 2.68. The highest BCUT2D eigenvalue weighted by molar-refractivity contribution is 5.68. The average molecular weight is 230 g/mol. The Bertz CT molecular complexity index is 404. The van der Waals surface area contributed by atoms with Crippen molar-refractivity contribution in [2.24, 2.45) is 0 Å². The fraction of sp³-hybridized carbons (Fsp3) is 0.364. The lowest BCUT2D eigenvalue weighted by Crippen LogP contribution is -2.08. The fourth-order valence-corrected chi connectivity index (χ4v) is 1.58. The molecule has 0 saturated heterocycles. The summed E-state index contributed by atoms with van der Waals surface area (Å²) in [5.41, 5.74) is -0.0950. The Morgan fingerprint density at radius 3 is 2.56 bits per heavy atom. The van der Waals surface area contributed by atoms with Crippen LogP contribution in [0.2, 0.25) is 0 Å². The summed E-state index contributed by atoms with van der Waals surface area (Å²) in [6, 6.07) is 1.58. The van der Waals surface area contributed by atoms with E-state index in [2.05, 4.69) is 0 Å². The van der Waals surface area contributed by atoms with Crippen LogP contribution in [0.1, 0.15) is 31.2 Å². The minimum Gasteiger partial charge on any atom is -0.505 e. The number of phenols is 1. The fourth-order valence-electron chi connectivity index (χ4n) is 1.58. The molecule has 0 saturated carbocycles. The summed E-state index contributed by atoms with van der Waals surface area (Å²) in [7, 11) is 0. The molecule has 1 aromatic carbocycles. The Hall–Kier alpha value is -1.65. The Labute approximate surface area is 91.3 Å². The second kappa shape index (κ2) is 4.92. The van der Waals surface area contributed by atoms with Crippen LogP contribution in [-0.4, -0.2) is 16.2 Å². The molecule has 0 radical (unpaired) electrons. The number of benzene rings is 1. The number of halogens is 2. The van der Waals surface area contributed by atoms with Gasteiger partial charge in [-0.25, -0.2) is 8.78 Å². The van der Waals surface area contributed by atoms with Crippen LogP contribution >= 0.6 is 0 Å². The van der Waals surface area contributed by atoms with Gasteiger partial charge in [0, 0.05) is 6.07 Å². The summed E-state index contributed by atoms with van der Waals surface area (Å²) in [5.74, 6) is -4.25. The molecular formula is C11H12F2O3. The van der Waals surface area contributed by atoms with Crippen molar-refractivity contribution in [2.75, 3.05) is 0 Å². The van der Waals surface area contributed by atoms with Gasteiger partial charge >= 0.3 is 5.97 Å². The van der Waals surface area contributed by atoms with Crippen LogP contribution in [0.3, 0.4) is 0 Å². The lowest BCUT2D eigenvalue weighted by atomic mass is 9.92. The second-order valence-corrected chi connectivity index (χ2v) is 3.53. The molecule has 0 heterocycles. The Balaban J connectivity index is 3.13. The highest BCUT2D eigenvalue weighted by Crippen LogP contribution is 2.31. The van der Waals surface area contributed by atoms with Crippen molar-refractivity contribution in [3.05, 3.63) is 29.3 Å². The summed E-state index contributed by atoms with van der Waals surface area (Å²) in [6.07, 6.45) is 0.0580. The van der Waals surface area contributed by atoms with Gasteiger partial charge in [-0.3, -0.25) is 4.79 Å². The van der Waals surface area contributed by atoms with Crippen molar-refractivity contribution >= 4 is 5.97 Å². The van der Waals surface area contributed by atoms with Crippen LogP contribution < -0.4 is 0 Å². The van der Waals surface area contributed by atoms with E-state index in [1.54, 1.807) is 6.92 Å². The Kier molecular flexibility index (Phi) is 3.82. The molecule has 1 rings (SSSR count). The largest absolute Gasteiger partial charge is 0.505 e. The maximum atomic E-state index is 13.5. The molecule has 0 aliphatic heterocycles. The first-order valence-electron chi connectivity index (χ1n) is 4.85. The smallest absolute Gasteiger partial charge is 0.303 e. The third-order valence-corrected chi connectivity index (χ3v) is 2.40. The molecule has 0 spiro atoms. The molecule has 2 N–H and O–H groups in total. The highest BCUT2D eigenvalue weighted by Gasteiger charge is 2.20. The van der Waals surface area contributed by atoms with E-state index in [4.69, 9.17) is 10.2 Å². The number of carboxylic acid groups (broad SMARTS) is 1. The van der Waals surface area contributed by atoms with E-state index in [9.17, 15) is 13.6 Å². The molecule has 0 aliphatic carbocycles. The molecule has 1 unspecified atom stereocenters. The van der Waals surface area contributed by atoms with Crippen molar-refractivity contribution in [3.63, 3.8) is 0 Å². The molecule has 0 fully saturated rings. The van der Waals surface area contributed by atoms with Gasteiger partial charge in [0.2, 0.25) is 0 Å². The van der Waals surface area contributed by atoms with Crippen molar-refractivity contribution in [2.45, 2.75) is 25.7 Å². The topological polar surface area (TPSA) is 57.5 Å². The van der Waals surface area contributed by atoms with Gasteiger partial charge in [0.1, 0.15) is 5.82 Å². The minimum atomic E-state index is -1.09. The zero-order valence-electron chi connectivity index (χ0n) is 8.70. The maximum Gasteiger partial charge on any atom is 0.303 e. The van der Waals surface area contributed by atoms with Gasteiger partial charge in [-0.15, -0.1) is 0 Å². The minimum absolute atomic E-state index is 0.0950. The molecular weight excluding hydrogens is 218 g/mol. The van der Waals surface area contributed by atoms with E-state index in [0.717, 1.165) is 6.07 Å². The summed E-state index contributed by atoms with van der Waals surface area (Å²) in [5, 5.41) is 17.7. The van der Waals surface area contributed by atoms with Gasteiger partial charge in [-0.2, -0.15) is 0 Å². The predicted molar refractivity (Wildman–Crippen MR) is 53.3 cm³/mol. The first-order valence-corrected chi connectivity index (χ1v) is 4.85. The number of rotatable bonds is 4. The number of hydrogen-bond donors (Lipinski definition) is 2. The number of hydrogen-bond acceptors (Lipinski definition) is 2. The van der Waals surface area contributed by atoms with Gasteiger partial charge < -0.3 is 10.2 Å². The van der Waals surface area contributed by atoms with Crippen LogP contribution in [0, 0.1) is 11.6 Å². The average Bonchev–Trinajstić information content (AvgIpc) is 2.20. The molecule has 1 atom stereocenters. The Morgan fingerprint density at radius 2 is 2.06 bits per heavy atom. The molecule has 0 amide bonds. The molecule has 5 heteroatoms. The number of carbonyl (C=O) groups is 1. The van der Waals surface area contributed by atoms with Gasteiger partial charge in [-0.1, -0.05) is 6.92 Å². The zero-order valence-corrected chi connectivity index (χ0v) is 8.70. The maximum absolute atomic E-state index is 13.5. The van der Waals surface area contributed by atoms with E-state index in [1.165, 1.54) is 0 Å². The van der Waals surface area contributed by atoms with Gasteiger partial charge in [0.05, 0.1) is 6.42 Å².